The predicted molar refractivity (Wildman–Crippen MR) is 149 cm³/mol. The Balaban J connectivity index is 1.19. The molecule has 186 valence electrons. The predicted octanol–water partition coefficient (Wildman–Crippen LogP) is 6.00. The van der Waals surface area contributed by atoms with E-state index in [1.165, 1.54) is 0 Å². The molecule has 0 aliphatic carbocycles. The van der Waals surface area contributed by atoms with E-state index in [1.54, 1.807) is 54.7 Å². The molecule has 0 saturated heterocycles. The summed E-state index contributed by atoms with van der Waals surface area (Å²) in [5.41, 5.74) is 3.97. The van der Waals surface area contributed by atoms with Crippen LogP contribution in [-0.4, -0.2) is 29.2 Å². The highest BCUT2D eigenvalue weighted by Crippen LogP contribution is 2.24. The number of rotatable bonds is 7. The third kappa shape index (κ3) is 4.77. The van der Waals surface area contributed by atoms with Gasteiger partial charge in [0.25, 0.3) is 10.0 Å². The lowest BCUT2D eigenvalue weighted by atomic mass is 10.1. The maximum Gasteiger partial charge on any atom is 0.261 e. The minimum atomic E-state index is -3.79. The summed E-state index contributed by atoms with van der Waals surface area (Å²) < 4.78 is 28.6. The van der Waals surface area contributed by atoms with Crippen LogP contribution in [0.1, 0.15) is 16.3 Å². The van der Waals surface area contributed by atoms with Gasteiger partial charge in [-0.2, -0.15) is 0 Å². The van der Waals surface area contributed by atoms with E-state index in [9.17, 15) is 13.2 Å². The number of aromatic nitrogens is 3. The molecule has 4 aromatic carbocycles. The molecule has 0 radical (unpaired) electrons. The van der Waals surface area contributed by atoms with Crippen LogP contribution in [0.5, 0.6) is 0 Å². The minimum Gasteiger partial charge on any atom is -0.342 e. The van der Waals surface area contributed by atoms with Crippen molar-refractivity contribution >= 4 is 43.3 Å². The Hall–Kier alpha value is -4.82. The molecule has 0 fully saturated rings. The van der Waals surface area contributed by atoms with Crippen LogP contribution in [0.25, 0.3) is 32.9 Å². The molecule has 0 aliphatic heterocycles. The van der Waals surface area contributed by atoms with Crippen LogP contribution >= 0.6 is 0 Å². The number of sulfonamides is 1. The van der Waals surface area contributed by atoms with Gasteiger partial charge in [-0.05, 0) is 52.9 Å². The van der Waals surface area contributed by atoms with Crippen molar-refractivity contribution in [3.8, 4) is 11.1 Å². The monoisotopic (exact) mass is 518 g/mol. The number of nitrogens with one attached hydrogen (secondary N) is 2. The molecule has 0 bridgehead atoms. The van der Waals surface area contributed by atoms with Gasteiger partial charge in [0.15, 0.2) is 5.78 Å². The lowest BCUT2D eigenvalue weighted by molar-refractivity contribution is 0.0986. The van der Waals surface area contributed by atoms with Crippen molar-refractivity contribution in [1.82, 2.24) is 15.0 Å². The van der Waals surface area contributed by atoms with Gasteiger partial charge < -0.3 is 4.98 Å². The Morgan fingerprint density at radius 2 is 1.50 bits per heavy atom. The Morgan fingerprint density at radius 3 is 2.29 bits per heavy atom. The fourth-order valence-electron chi connectivity index (χ4n) is 4.36. The van der Waals surface area contributed by atoms with Crippen LogP contribution in [0.4, 0.5) is 5.69 Å². The van der Waals surface area contributed by atoms with Crippen molar-refractivity contribution in [1.29, 1.82) is 0 Å². The molecule has 7 nitrogen and oxygen atoms in total. The summed E-state index contributed by atoms with van der Waals surface area (Å²) in [4.78, 5) is 24.9. The first-order chi connectivity index (χ1) is 18.4. The molecule has 2 N–H and O–H groups in total. The van der Waals surface area contributed by atoms with Crippen LogP contribution in [0, 0.1) is 0 Å². The van der Waals surface area contributed by atoms with Gasteiger partial charge in [0.05, 0.1) is 28.0 Å². The van der Waals surface area contributed by atoms with Gasteiger partial charge in [-0.3, -0.25) is 14.5 Å². The average Bonchev–Trinajstić information content (AvgIpc) is 3.34. The van der Waals surface area contributed by atoms with Gasteiger partial charge in [0, 0.05) is 11.6 Å². The number of carbonyl (C=O) groups excluding carboxylic acids is 1. The molecular formula is C30H22N4O3S. The number of Topliss-reactive ketones (excluding diaryl/α,β-unsaturated/α-hetero) is 1. The van der Waals surface area contributed by atoms with E-state index >= 15 is 0 Å². The molecule has 2 aromatic heterocycles. The second-order valence-electron chi connectivity index (χ2n) is 8.93. The quantitative estimate of drug-likeness (QED) is 0.252. The molecule has 0 atom stereocenters. The lowest BCUT2D eigenvalue weighted by Gasteiger charge is -2.09. The average molecular weight is 519 g/mol. The van der Waals surface area contributed by atoms with Crippen molar-refractivity contribution < 1.29 is 13.2 Å². The van der Waals surface area contributed by atoms with Crippen molar-refractivity contribution in [3.63, 3.8) is 0 Å². The Kier molecular flexibility index (Phi) is 5.94. The number of imidazole rings is 1. The Labute approximate surface area is 219 Å². The van der Waals surface area contributed by atoms with Gasteiger partial charge in [0.2, 0.25) is 0 Å². The number of pyridine rings is 1. The van der Waals surface area contributed by atoms with E-state index in [-0.39, 0.29) is 17.1 Å². The Morgan fingerprint density at radius 1 is 0.789 bits per heavy atom. The highest BCUT2D eigenvalue weighted by molar-refractivity contribution is 7.92. The lowest BCUT2D eigenvalue weighted by Crippen LogP contribution is -2.12. The fourth-order valence-corrected chi connectivity index (χ4v) is 5.41. The van der Waals surface area contributed by atoms with E-state index in [4.69, 9.17) is 0 Å². The number of fused-ring (bicyclic) bond motifs is 2. The first kappa shape index (κ1) is 23.6. The standard InChI is InChI=1S/C30H22N4O3S/c35-29(28-16-22-8-4-5-9-23(22)19-31-28)18-30-32-26-15-12-24(17-27(26)33-30)34-38(36,37)25-13-10-21(11-14-25)20-6-2-1-3-7-20/h1-17,19,34H,18H2,(H,32,33). The van der Waals surface area contributed by atoms with Gasteiger partial charge in [0.1, 0.15) is 11.5 Å². The minimum absolute atomic E-state index is 0.0504. The Bertz CT molecular complexity index is 1900. The number of nitrogens with zero attached hydrogens (tertiary/aromatic N) is 2. The molecule has 0 amide bonds. The molecule has 0 spiro atoms. The molecule has 0 aliphatic rings. The van der Waals surface area contributed by atoms with Crippen LogP contribution in [0.15, 0.2) is 114 Å². The number of carbonyl (C=O) groups is 1. The largest absolute Gasteiger partial charge is 0.342 e. The van der Waals surface area contributed by atoms with Crippen molar-refractivity contribution in [3.05, 3.63) is 121 Å². The van der Waals surface area contributed by atoms with E-state index in [0.29, 0.717) is 28.2 Å². The van der Waals surface area contributed by atoms with Gasteiger partial charge >= 0.3 is 0 Å². The summed E-state index contributed by atoms with van der Waals surface area (Å²) in [6, 6.07) is 31.0. The maximum atomic E-state index is 13.0. The molecule has 38 heavy (non-hydrogen) atoms. The number of anilines is 1. The summed E-state index contributed by atoms with van der Waals surface area (Å²) >= 11 is 0. The van der Waals surface area contributed by atoms with Crippen molar-refractivity contribution in [2.75, 3.05) is 4.72 Å². The summed E-state index contributed by atoms with van der Waals surface area (Å²) in [7, 11) is -3.79. The third-order valence-electron chi connectivity index (χ3n) is 6.30. The van der Waals surface area contributed by atoms with Crippen LogP contribution in [0.2, 0.25) is 0 Å². The number of H-pyrrole nitrogens is 1. The third-order valence-corrected chi connectivity index (χ3v) is 7.70. The van der Waals surface area contributed by atoms with Crippen molar-refractivity contribution in [2.24, 2.45) is 0 Å². The first-order valence-corrected chi connectivity index (χ1v) is 13.5. The number of ketones is 1. The summed E-state index contributed by atoms with van der Waals surface area (Å²) in [6.45, 7) is 0. The first-order valence-electron chi connectivity index (χ1n) is 12.0. The number of aromatic amines is 1. The summed E-state index contributed by atoms with van der Waals surface area (Å²) in [5.74, 6) is 0.325. The molecule has 0 unspecified atom stereocenters. The number of hydrogen-bond donors (Lipinski definition) is 2. The smallest absolute Gasteiger partial charge is 0.261 e. The summed E-state index contributed by atoms with van der Waals surface area (Å²) in [6.07, 6.45) is 1.74. The normalized spacial score (nSPS) is 11.6. The van der Waals surface area contributed by atoms with Gasteiger partial charge in [-0.15, -0.1) is 0 Å². The van der Waals surface area contributed by atoms with Crippen LogP contribution in [-0.2, 0) is 16.4 Å². The van der Waals surface area contributed by atoms with Crippen LogP contribution < -0.4 is 4.72 Å². The fraction of sp³-hybridized carbons (Fsp3) is 0.0333. The zero-order valence-electron chi connectivity index (χ0n) is 20.1. The SMILES string of the molecule is O=C(Cc1nc2ccc(NS(=O)(=O)c3ccc(-c4ccccc4)cc3)cc2[nH]1)c1cc2ccccc2cn1. The number of hydrogen-bond acceptors (Lipinski definition) is 5. The van der Waals surface area contributed by atoms with E-state index in [1.807, 2.05) is 54.6 Å². The van der Waals surface area contributed by atoms with Crippen LogP contribution in [0.3, 0.4) is 0 Å². The highest BCUT2D eigenvalue weighted by atomic mass is 32.2. The van der Waals surface area contributed by atoms with E-state index in [2.05, 4.69) is 19.7 Å². The zero-order valence-corrected chi connectivity index (χ0v) is 20.9. The summed E-state index contributed by atoms with van der Waals surface area (Å²) in [5, 5.41) is 1.91. The van der Waals surface area contributed by atoms with Gasteiger partial charge in [-0.25, -0.2) is 13.4 Å². The molecule has 0 saturated carbocycles. The molecule has 2 heterocycles. The molecule has 6 rings (SSSR count). The molecule has 6 aromatic rings. The molecule has 8 heteroatoms. The van der Waals surface area contributed by atoms with E-state index in [0.717, 1.165) is 21.9 Å². The van der Waals surface area contributed by atoms with E-state index < -0.39 is 10.0 Å². The van der Waals surface area contributed by atoms with Gasteiger partial charge in [-0.1, -0.05) is 66.7 Å². The zero-order chi connectivity index (χ0) is 26.1. The number of benzene rings is 4. The second-order valence-corrected chi connectivity index (χ2v) is 10.6. The van der Waals surface area contributed by atoms with Crippen molar-refractivity contribution in [2.45, 2.75) is 11.3 Å². The highest BCUT2D eigenvalue weighted by Gasteiger charge is 2.16. The second kappa shape index (κ2) is 9.57. The topological polar surface area (TPSA) is 105 Å². The molecular weight excluding hydrogens is 496 g/mol. The maximum absolute atomic E-state index is 13.0.